The number of aliphatic hydroxyl groups excluding tert-OH is 2. The minimum atomic E-state index is -1.64. The summed E-state index contributed by atoms with van der Waals surface area (Å²) in [4.78, 5) is 24.2. The molecule has 8 heteroatoms. The van der Waals surface area contributed by atoms with Crippen molar-refractivity contribution < 1.29 is 19.3 Å². The van der Waals surface area contributed by atoms with E-state index in [1.165, 1.54) is 0 Å². The van der Waals surface area contributed by atoms with Gasteiger partial charge >= 0.3 is 5.69 Å². The Morgan fingerprint density at radius 2 is 2.37 bits per heavy atom. The van der Waals surface area contributed by atoms with E-state index in [1.807, 2.05) is 0 Å². The van der Waals surface area contributed by atoms with Gasteiger partial charge in [-0.25, -0.2) is 4.79 Å². The van der Waals surface area contributed by atoms with Crippen LogP contribution in [-0.4, -0.2) is 38.1 Å². The number of aromatic amines is 1. The van der Waals surface area contributed by atoms with Gasteiger partial charge in [0.05, 0.1) is 12.8 Å². The first-order valence-corrected chi connectivity index (χ1v) is 5.39. The van der Waals surface area contributed by atoms with Crippen LogP contribution in [0.25, 0.3) is 0 Å². The molecule has 2 heterocycles. The molecule has 1 aromatic heterocycles. The van der Waals surface area contributed by atoms with Crippen LogP contribution in [0.4, 0.5) is 4.39 Å². The molecule has 1 saturated heterocycles. The second-order valence-electron chi connectivity index (χ2n) is 4.16. The lowest BCUT2D eigenvalue weighted by atomic mass is 9.99. The van der Waals surface area contributed by atoms with Gasteiger partial charge in [0.1, 0.15) is 12.3 Å². The molecule has 1 aliphatic heterocycles. The van der Waals surface area contributed by atoms with E-state index in [-0.39, 0.29) is 6.42 Å². The van der Waals surface area contributed by atoms with Gasteiger partial charge in [-0.1, -0.05) is 5.92 Å². The van der Waals surface area contributed by atoms with Crippen LogP contribution in [-0.2, 0) is 4.74 Å². The molecule has 0 bridgehead atoms. The Labute approximate surface area is 106 Å². The topological polar surface area (TPSA) is 105 Å². The molecule has 0 aliphatic carbocycles. The Bertz CT molecular complexity index is 646. The molecule has 0 unspecified atom stereocenters. The summed E-state index contributed by atoms with van der Waals surface area (Å²) >= 11 is 0. The molecule has 0 spiro atoms. The van der Waals surface area contributed by atoms with Crippen molar-refractivity contribution in [2.24, 2.45) is 0 Å². The minimum absolute atomic E-state index is 0.115. The van der Waals surface area contributed by atoms with Gasteiger partial charge in [-0.3, -0.25) is 14.3 Å². The van der Waals surface area contributed by atoms with Crippen molar-refractivity contribution in [1.29, 1.82) is 0 Å². The van der Waals surface area contributed by atoms with Crippen LogP contribution >= 0.6 is 0 Å². The molecular formula is C11H11FN2O5. The summed E-state index contributed by atoms with van der Waals surface area (Å²) in [6.45, 7) is -0.651. The third-order valence-corrected chi connectivity index (χ3v) is 3.02. The second-order valence-corrected chi connectivity index (χ2v) is 4.16. The largest absolute Gasteiger partial charge is 0.392 e. The normalized spacial score (nSPS) is 30.2. The van der Waals surface area contributed by atoms with E-state index in [9.17, 15) is 24.2 Å². The van der Waals surface area contributed by atoms with E-state index in [4.69, 9.17) is 11.2 Å². The molecule has 1 fully saturated rings. The average molecular weight is 270 g/mol. The number of H-pyrrole nitrogens is 1. The van der Waals surface area contributed by atoms with Crippen molar-refractivity contribution in [2.75, 3.05) is 6.61 Å². The molecule has 19 heavy (non-hydrogen) atoms. The first kappa shape index (κ1) is 13.5. The van der Waals surface area contributed by atoms with E-state index < -0.39 is 41.6 Å². The maximum atomic E-state index is 13.2. The van der Waals surface area contributed by atoms with Gasteiger partial charge in [0.2, 0.25) is 5.82 Å². The van der Waals surface area contributed by atoms with E-state index in [2.05, 4.69) is 5.92 Å². The Kier molecular flexibility index (Phi) is 3.28. The molecule has 1 aromatic rings. The highest BCUT2D eigenvalue weighted by Crippen LogP contribution is 2.35. The molecule has 7 nitrogen and oxygen atoms in total. The van der Waals surface area contributed by atoms with Gasteiger partial charge in [0.25, 0.3) is 5.56 Å². The molecule has 0 aromatic carbocycles. The quantitative estimate of drug-likeness (QED) is 0.557. The minimum Gasteiger partial charge on any atom is -0.392 e. The molecule has 3 atom stereocenters. The Morgan fingerprint density at radius 1 is 1.68 bits per heavy atom. The maximum absolute atomic E-state index is 13.2. The van der Waals surface area contributed by atoms with Gasteiger partial charge < -0.3 is 14.9 Å². The lowest BCUT2D eigenvalue weighted by molar-refractivity contribution is -0.0914. The summed E-state index contributed by atoms with van der Waals surface area (Å²) in [6.07, 6.45) is 3.46. The third kappa shape index (κ3) is 2.08. The standard InChI is InChI=1S/C11H11FN2O5/c1-2-11(5-15)7(16)3-8(19-11)14-4-6(12)9(17)13-10(14)18/h1,4,7-8,15-16H,3,5H2,(H,13,17,18)/t7-,8+,11+/m0/s1. The Morgan fingerprint density at radius 3 is 2.89 bits per heavy atom. The number of aromatic nitrogens is 2. The van der Waals surface area contributed by atoms with Crippen molar-refractivity contribution in [3.05, 3.63) is 32.9 Å². The molecule has 3 N–H and O–H groups in total. The highest BCUT2D eigenvalue weighted by Gasteiger charge is 2.47. The number of halogens is 1. The Balaban J connectivity index is 2.42. The number of nitrogens with one attached hydrogen (secondary N) is 1. The molecule has 1 aliphatic rings. The summed E-state index contributed by atoms with van der Waals surface area (Å²) in [5, 5.41) is 19.0. The molecule has 0 saturated carbocycles. The molecule has 2 rings (SSSR count). The average Bonchev–Trinajstić information content (AvgIpc) is 2.71. The number of ether oxygens (including phenoxy) is 1. The van der Waals surface area contributed by atoms with Gasteiger partial charge in [-0.15, -0.1) is 6.42 Å². The van der Waals surface area contributed by atoms with Crippen LogP contribution in [0.2, 0.25) is 0 Å². The van der Waals surface area contributed by atoms with Gasteiger partial charge in [-0.05, 0) is 0 Å². The monoisotopic (exact) mass is 270 g/mol. The van der Waals surface area contributed by atoms with Crippen LogP contribution < -0.4 is 11.2 Å². The number of aliphatic hydroxyl groups is 2. The summed E-state index contributed by atoms with van der Waals surface area (Å²) in [6, 6.07) is 0. The first-order chi connectivity index (χ1) is 8.93. The summed E-state index contributed by atoms with van der Waals surface area (Å²) in [7, 11) is 0. The van der Waals surface area contributed by atoms with E-state index in [1.54, 1.807) is 4.98 Å². The van der Waals surface area contributed by atoms with Crippen molar-refractivity contribution in [2.45, 2.75) is 24.4 Å². The predicted octanol–water partition coefficient (Wildman–Crippen LogP) is -1.68. The first-order valence-electron chi connectivity index (χ1n) is 5.39. The van der Waals surface area contributed by atoms with Gasteiger partial charge in [0.15, 0.2) is 5.60 Å². The zero-order valence-corrected chi connectivity index (χ0v) is 9.67. The summed E-state index contributed by atoms with van der Waals surface area (Å²) in [5.74, 6) is 0.952. The molecular weight excluding hydrogens is 259 g/mol. The lowest BCUT2D eigenvalue weighted by Crippen LogP contribution is -2.41. The zero-order chi connectivity index (χ0) is 14.2. The van der Waals surface area contributed by atoms with Crippen molar-refractivity contribution in [1.82, 2.24) is 9.55 Å². The van der Waals surface area contributed by atoms with Crippen molar-refractivity contribution >= 4 is 0 Å². The van der Waals surface area contributed by atoms with E-state index in [0.717, 1.165) is 4.57 Å². The van der Waals surface area contributed by atoms with Gasteiger partial charge in [0, 0.05) is 6.42 Å². The SMILES string of the molecule is C#C[C@]1(CO)O[C@@H](n2cc(F)c(=O)[nH]c2=O)C[C@@H]1O. The fourth-order valence-corrected chi connectivity index (χ4v) is 1.91. The number of nitrogens with zero attached hydrogens (tertiary/aromatic N) is 1. The second kappa shape index (κ2) is 4.62. The summed E-state index contributed by atoms with van der Waals surface area (Å²) in [5.41, 5.74) is -3.68. The lowest BCUT2D eigenvalue weighted by Gasteiger charge is -2.23. The molecule has 102 valence electrons. The number of hydrogen-bond donors (Lipinski definition) is 3. The van der Waals surface area contributed by atoms with Gasteiger partial charge in [-0.2, -0.15) is 4.39 Å². The number of terminal acetylenes is 1. The fraction of sp³-hybridized carbons (Fsp3) is 0.455. The van der Waals surface area contributed by atoms with Crippen LogP contribution in [0.3, 0.4) is 0 Å². The Hall–Kier alpha value is -1.95. The van der Waals surface area contributed by atoms with Crippen LogP contribution in [0.1, 0.15) is 12.6 Å². The number of hydrogen-bond acceptors (Lipinski definition) is 5. The number of rotatable bonds is 2. The van der Waals surface area contributed by atoms with Crippen molar-refractivity contribution in [3.63, 3.8) is 0 Å². The highest BCUT2D eigenvalue weighted by atomic mass is 19.1. The van der Waals surface area contributed by atoms with Crippen LogP contribution in [0, 0.1) is 18.2 Å². The maximum Gasteiger partial charge on any atom is 0.330 e. The van der Waals surface area contributed by atoms with Crippen molar-refractivity contribution in [3.8, 4) is 12.3 Å². The van der Waals surface area contributed by atoms with Crippen LogP contribution in [0.5, 0.6) is 0 Å². The van der Waals surface area contributed by atoms with E-state index in [0.29, 0.717) is 6.20 Å². The smallest absolute Gasteiger partial charge is 0.330 e. The fourth-order valence-electron chi connectivity index (χ4n) is 1.91. The van der Waals surface area contributed by atoms with E-state index >= 15 is 0 Å². The predicted molar refractivity (Wildman–Crippen MR) is 60.7 cm³/mol. The van der Waals surface area contributed by atoms with Crippen LogP contribution in [0.15, 0.2) is 15.8 Å². The molecule has 0 amide bonds. The zero-order valence-electron chi connectivity index (χ0n) is 9.67. The summed E-state index contributed by atoms with van der Waals surface area (Å²) < 4.78 is 19.2. The molecule has 0 radical (unpaired) electrons. The third-order valence-electron chi connectivity index (χ3n) is 3.02. The highest BCUT2D eigenvalue weighted by molar-refractivity contribution is 5.16.